The number of hydrogen-bond acceptors (Lipinski definition) is 10. The lowest BCUT2D eigenvalue weighted by atomic mass is 9.74. The summed E-state index contributed by atoms with van der Waals surface area (Å²) in [5.41, 5.74) is -2.92. The maximum Gasteiger partial charge on any atom is 0.449 e. The van der Waals surface area contributed by atoms with E-state index in [-0.39, 0.29) is 0 Å². The lowest BCUT2D eigenvalue weighted by molar-refractivity contribution is -0.507. The van der Waals surface area contributed by atoms with Crippen LogP contribution >= 0.6 is 0 Å². The zero-order valence-electron chi connectivity index (χ0n) is 27.4. The quantitative estimate of drug-likeness (QED) is 0.214. The number of aliphatic hydroxyl groups is 2. The van der Waals surface area contributed by atoms with Gasteiger partial charge >= 0.3 is 47.7 Å². The van der Waals surface area contributed by atoms with Crippen LogP contribution in [0.2, 0.25) is 0 Å². The maximum absolute atomic E-state index is 15.1. The number of hydrogen-bond donors (Lipinski definition) is 2. The van der Waals surface area contributed by atoms with Crippen LogP contribution in [0.4, 0.5) is 43.9 Å². The summed E-state index contributed by atoms with van der Waals surface area (Å²) >= 11 is 0. The summed E-state index contributed by atoms with van der Waals surface area (Å²) in [5.74, 6) is -22.7. The van der Waals surface area contributed by atoms with Crippen LogP contribution in [0.5, 0.6) is 0 Å². The van der Waals surface area contributed by atoms with Crippen LogP contribution in [0.3, 0.4) is 0 Å². The molecule has 3 aliphatic rings. The summed E-state index contributed by atoms with van der Waals surface area (Å²) < 4.78 is 162. The smallest absolute Gasteiger partial charge is 0.449 e. The molecule has 10 nitrogen and oxygen atoms in total. The Morgan fingerprint density at radius 3 is 1.78 bits per heavy atom. The van der Waals surface area contributed by atoms with Gasteiger partial charge in [0.15, 0.2) is 25.3 Å². The molecule has 0 amide bonds. The van der Waals surface area contributed by atoms with E-state index in [1.165, 1.54) is 13.8 Å². The van der Waals surface area contributed by atoms with Gasteiger partial charge in [-0.25, -0.2) is 0 Å². The van der Waals surface area contributed by atoms with Crippen molar-refractivity contribution in [2.24, 2.45) is 17.8 Å². The number of esters is 2. The monoisotopic (exact) mass is 740 g/mol. The summed E-state index contributed by atoms with van der Waals surface area (Å²) in [7, 11) is 0. The van der Waals surface area contributed by atoms with Crippen molar-refractivity contribution < 1.29 is 92.1 Å². The van der Waals surface area contributed by atoms with Gasteiger partial charge in [-0.1, -0.05) is 47.0 Å². The number of rotatable bonds is 9. The molecule has 7 unspecified atom stereocenters. The largest absolute Gasteiger partial charge is 0.462 e. The zero-order chi connectivity index (χ0) is 37.9. The summed E-state index contributed by atoms with van der Waals surface area (Å²) in [5, 5.41) is 18.9. The molecule has 1 saturated carbocycles. The minimum atomic E-state index is -5.78. The van der Waals surface area contributed by atoms with E-state index in [4.69, 9.17) is 14.6 Å². The third kappa shape index (κ3) is 8.39. The van der Waals surface area contributed by atoms with Gasteiger partial charge in [-0.3, -0.25) is 9.59 Å². The molecule has 2 N–H and O–H groups in total. The van der Waals surface area contributed by atoms with Crippen LogP contribution in [-0.2, 0) is 38.0 Å². The molecule has 20 heteroatoms. The van der Waals surface area contributed by atoms with Gasteiger partial charge in [-0.2, -0.15) is 43.9 Å². The minimum Gasteiger partial charge on any atom is -0.462 e. The Bertz CT molecular complexity index is 1120. The van der Waals surface area contributed by atoms with E-state index in [9.17, 15) is 49.8 Å². The predicted molar refractivity (Wildman–Crippen MR) is 144 cm³/mol. The average Bonchev–Trinajstić information content (AvgIpc) is 3.01. The molecule has 0 aromatic carbocycles. The van der Waals surface area contributed by atoms with E-state index in [1.54, 1.807) is 13.8 Å². The lowest BCUT2D eigenvalue weighted by Crippen LogP contribution is -2.76. The van der Waals surface area contributed by atoms with E-state index in [0.29, 0.717) is 38.5 Å². The van der Waals surface area contributed by atoms with Crippen LogP contribution in [0.1, 0.15) is 79.6 Å². The van der Waals surface area contributed by atoms with Crippen LogP contribution < -0.4 is 0 Å². The first kappa shape index (κ1) is 43.2. The van der Waals surface area contributed by atoms with Gasteiger partial charge in [-0.05, 0) is 38.5 Å². The second-order valence-corrected chi connectivity index (χ2v) is 12.4. The Morgan fingerprint density at radius 1 is 0.796 bits per heavy atom. The topological polar surface area (TPSA) is 130 Å². The number of halogens is 10. The van der Waals surface area contributed by atoms with E-state index < -0.39 is 103 Å². The highest BCUT2D eigenvalue weighted by atomic mass is 19.4. The SMILES string of the molecule is CCC(C)C(=O)OC(C1CCCCC1)C1(C)OCOC(O)(C(F)(F)F)C1(F)F.CCC(C)C(=O)OCC1OCOC(O)(C(F)(F)F)C1(F)F. The van der Waals surface area contributed by atoms with E-state index >= 15 is 8.78 Å². The normalized spacial score (nSPS) is 32.6. The molecule has 0 aromatic rings. The van der Waals surface area contributed by atoms with Gasteiger partial charge in [0, 0.05) is 0 Å². The highest BCUT2D eigenvalue weighted by Crippen LogP contribution is 2.55. The molecule has 0 aromatic heterocycles. The second kappa shape index (κ2) is 15.7. The van der Waals surface area contributed by atoms with Crippen molar-refractivity contribution in [3.05, 3.63) is 0 Å². The van der Waals surface area contributed by atoms with Crippen LogP contribution in [-0.4, -0.2) is 95.9 Å². The molecule has 3 rings (SSSR count). The number of carbonyl (C=O) groups is 2. The Hall–Kier alpha value is -2.00. The van der Waals surface area contributed by atoms with Crippen molar-refractivity contribution in [3.63, 3.8) is 0 Å². The lowest BCUT2D eigenvalue weighted by Gasteiger charge is -2.53. The van der Waals surface area contributed by atoms with E-state index in [2.05, 4.69) is 18.9 Å². The molecule has 2 heterocycles. The van der Waals surface area contributed by atoms with Crippen LogP contribution in [0, 0.1) is 17.8 Å². The fraction of sp³-hybridized carbons (Fsp3) is 0.931. The van der Waals surface area contributed by atoms with Crippen LogP contribution in [0.25, 0.3) is 0 Å². The standard InChI is InChI=1S/C18H27F5O5.C11H15F5O5/c1-4-11(2)14(24)28-13(12-8-6-5-7-9-12)15(3)16(19,20)17(25,18(21,22)23)27-10-26-15;1-3-6(2)8(17)19-4-7-9(12,13)10(18,11(14,15)16)21-5-20-7/h11-13,25H,4-10H2,1-3H3;6-7,18H,3-5H2,1-2H3. The van der Waals surface area contributed by atoms with E-state index in [1.807, 2.05) is 0 Å². The molecule has 7 atom stereocenters. The maximum atomic E-state index is 15.1. The molecule has 288 valence electrons. The molecule has 0 spiro atoms. The summed E-state index contributed by atoms with van der Waals surface area (Å²) in [4.78, 5) is 23.7. The molecule has 1 aliphatic carbocycles. The van der Waals surface area contributed by atoms with Crippen molar-refractivity contribution in [3.8, 4) is 0 Å². The molecule has 2 aliphatic heterocycles. The predicted octanol–water partition coefficient (Wildman–Crippen LogP) is 6.01. The van der Waals surface area contributed by atoms with Crippen molar-refractivity contribution in [1.82, 2.24) is 0 Å². The zero-order valence-corrected chi connectivity index (χ0v) is 27.4. The number of alkyl halides is 10. The molecule has 49 heavy (non-hydrogen) atoms. The fourth-order valence-corrected chi connectivity index (χ4v) is 5.29. The van der Waals surface area contributed by atoms with Gasteiger partial charge in [0.25, 0.3) is 0 Å². The molecule has 3 fully saturated rings. The highest BCUT2D eigenvalue weighted by molar-refractivity contribution is 5.72. The van der Waals surface area contributed by atoms with Crippen molar-refractivity contribution in [2.45, 2.75) is 133 Å². The van der Waals surface area contributed by atoms with Crippen molar-refractivity contribution in [2.75, 3.05) is 20.2 Å². The van der Waals surface area contributed by atoms with Crippen LogP contribution in [0.15, 0.2) is 0 Å². The molecular formula is C29H42F10O10. The number of ether oxygens (including phenoxy) is 6. The second-order valence-electron chi connectivity index (χ2n) is 12.4. The Kier molecular flexibility index (Phi) is 13.8. The van der Waals surface area contributed by atoms with E-state index in [0.717, 1.165) is 13.3 Å². The molecule has 0 radical (unpaired) electrons. The first-order chi connectivity index (χ1) is 22.3. The van der Waals surface area contributed by atoms with Gasteiger partial charge in [-0.15, -0.1) is 0 Å². The minimum absolute atomic E-state index is 0.371. The molecule has 0 bridgehead atoms. The summed E-state index contributed by atoms with van der Waals surface area (Å²) in [6.07, 6.45) is -11.9. The molecule has 2 saturated heterocycles. The van der Waals surface area contributed by atoms with Gasteiger partial charge in [0.05, 0.1) is 11.8 Å². The highest BCUT2D eigenvalue weighted by Gasteiger charge is 2.81. The number of carbonyl (C=O) groups excluding carboxylic acids is 2. The average molecular weight is 741 g/mol. The van der Waals surface area contributed by atoms with Crippen molar-refractivity contribution >= 4 is 11.9 Å². The van der Waals surface area contributed by atoms with Gasteiger partial charge in [0.1, 0.15) is 12.7 Å². The third-order valence-corrected chi connectivity index (χ3v) is 9.11. The van der Waals surface area contributed by atoms with Gasteiger partial charge < -0.3 is 38.6 Å². The first-order valence-corrected chi connectivity index (χ1v) is 15.5. The van der Waals surface area contributed by atoms with Gasteiger partial charge in [0.2, 0.25) is 0 Å². The Labute approximate surface area is 275 Å². The summed E-state index contributed by atoms with van der Waals surface area (Å²) in [6, 6.07) is 0. The fourth-order valence-electron chi connectivity index (χ4n) is 5.29. The van der Waals surface area contributed by atoms with Crippen molar-refractivity contribution in [1.29, 1.82) is 0 Å². The first-order valence-electron chi connectivity index (χ1n) is 15.5. The third-order valence-electron chi connectivity index (χ3n) is 9.11. The summed E-state index contributed by atoms with van der Waals surface area (Å²) in [6.45, 7) is 3.55. The Morgan fingerprint density at radius 2 is 1.29 bits per heavy atom. The molecular weight excluding hydrogens is 698 g/mol. The Balaban J connectivity index is 0.000000355.